The minimum absolute atomic E-state index is 0.112. The molecule has 8 nitrogen and oxygen atoms in total. The van der Waals surface area contributed by atoms with Crippen molar-refractivity contribution in [3.63, 3.8) is 0 Å². The van der Waals surface area contributed by atoms with Gasteiger partial charge in [0.05, 0.1) is 6.54 Å². The van der Waals surface area contributed by atoms with Crippen LogP contribution in [0.2, 0.25) is 0 Å². The molecule has 0 unspecified atom stereocenters. The van der Waals surface area contributed by atoms with Crippen LogP contribution < -0.4 is 15.1 Å². The smallest absolute Gasteiger partial charge is 0.241 e. The summed E-state index contributed by atoms with van der Waals surface area (Å²) in [5, 5.41) is 2.70. The second kappa shape index (κ2) is 7.67. The van der Waals surface area contributed by atoms with Gasteiger partial charge in [-0.25, -0.2) is 9.97 Å². The highest BCUT2D eigenvalue weighted by Crippen LogP contribution is 2.26. The summed E-state index contributed by atoms with van der Waals surface area (Å²) < 4.78 is 0. The van der Waals surface area contributed by atoms with Crippen LogP contribution in [0.4, 0.5) is 11.6 Å². The predicted octanol–water partition coefficient (Wildman–Crippen LogP) is 0.108. The lowest BCUT2D eigenvalue weighted by Crippen LogP contribution is -2.48. The summed E-state index contributed by atoms with van der Waals surface area (Å²) in [5.74, 6) is 2.37. The van der Waals surface area contributed by atoms with Crippen LogP contribution >= 0.6 is 0 Å². The Kier molecular flexibility index (Phi) is 5.35. The Morgan fingerprint density at radius 2 is 1.84 bits per heavy atom. The van der Waals surface area contributed by atoms with Gasteiger partial charge in [-0.2, -0.15) is 0 Å². The van der Waals surface area contributed by atoms with Gasteiger partial charge < -0.3 is 20.0 Å². The van der Waals surface area contributed by atoms with Crippen LogP contribution in [0.25, 0.3) is 0 Å². The lowest BCUT2D eigenvalue weighted by atomic mass is 9.93. The molecule has 2 fully saturated rings. The third-order valence-corrected chi connectivity index (χ3v) is 5.11. The summed E-state index contributed by atoms with van der Waals surface area (Å²) in [4.78, 5) is 38.2. The lowest BCUT2D eigenvalue weighted by molar-refractivity contribution is -0.129. The molecule has 2 aliphatic rings. The highest BCUT2D eigenvalue weighted by atomic mass is 16.2. The number of nitrogens with one attached hydrogen (secondary N) is 1. The molecular weight excluding hydrogens is 320 g/mol. The first kappa shape index (κ1) is 17.4. The number of carbonyl (C=O) groups is 2. The standard InChI is InChI=1S/C17H26N6O2/c1-18-16(24)9-13-3-5-22(6-4-13)14-10-15(20-12-19-14)23-8-7-21(2)17(25)11-23/h10,12-13H,3-9,11H2,1-2H3,(H,18,24). The summed E-state index contributed by atoms with van der Waals surface area (Å²) in [6.07, 6.45) is 4.15. The molecule has 3 heterocycles. The van der Waals surface area contributed by atoms with Gasteiger partial charge >= 0.3 is 0 Å². The van der Waals surface area contributed by atoms with E-state index in [-0.39, 0.29) is 11.8 Å². The Labute approximate surface area is 148 Å². The number of rotatable bonds is 4. The minimum atomic E-state index is 0.112. The predicted molar refractivity (Wildman–Crippen MR) is 95.5 cm³/mol. The molecule has 2 aliphatic heterocycles. The molecule has 0 bridgehead atoms. The molecule has 1 aromatic heterocycles. The van der Waals surface area contributed by atoms with Gasteiger partial charge in [-0.3, -0.25) is 9.59 Å². The fourth-order valence-electron chi connectivity index (χ4n) is 3.37. The monoisotopic (exact) mass is 346 g/mol. The minimum Gasteiger partial charge on any atom is -0.359 e. The van der Waals surface area contributed by atoms with Gasteiger partial charge in [-0.05, 0) is 18.8 Å². The van der Waals surface area contributed by atoms with Gasteiger partial charge in [0.25, 0.3) is 0 Å². The Balaban J connectivity index is 1.61. The first-order valence-electron chi connectivity index (χ1n) is 8.83. The molecule has 0 spiro atoms. The van der Waals surface area contributed by atoms with Crippen LogP contribution in [0.5, 0.6) is 0 Å². The third-order valence-electron chi connectivity index (χ3n) is 5.11. The first-order valence-corrected chi connectivity index (χ1v) is 8.83. The molecular formula is C17H26N6O2. The molecule has 0 saturated carbocycles. The first-order chi connectivity index (χ1) is 12.1. The topological polar surface area (TPSA) is 81.7 Å². The number of piperidine rings is 1. The molecule has 1 aromatic rings. The summed E-state index contributed by atoms with van der Waals surface area (Å²) in [6.45, 7) is 3.64. The molecule has 3 rings (SSSR count). The largest absolute Gasteiger partial charge is 0.359 e. The molecule has 2 saturated heterocycles. The van der Waals surface area contributed by atoms with E-state index in [9.17, 15) is 9.59 Å². The number of hydrogen-bond donors (Lipinski definition) is 1. The Morgan fingerprint density at radius 3 is 2.48 bits per heavy atom. The van der Waals surface area contributed by atoms with Gasteiger partial charge in [-0.15, -0.1) is 0 Å². The number of anilines is 2. The van der Waals surface area contributed by atoms with Crippen molar-refractivity contribution in [2.75, 3.05) is 56.6 Å². The molecule has 0 atom stereocenters. The third kappa shape index (κ3) is 4.18. The van der Waals surface area contributed by atoms with Gasteiger partial charge in [0.2, 0.25) is 11.8 Å². The maximum Gasteiger partial charge on any atom is 0.241 e. The van der Waals surface area contributed by atoms with Crippen molar-refractivity contribution in [3.05, 3.63) is 12.4 Å². The number of nitrogens with zero attached hydrogens (tertiary/aromatic N) is 5. The second-order valence-corrected chi connectivity index (χ2v) is 6.78. The number of hydrogen-bond acceptors (Lipinski definition) is 6. The van der Waals surface area contributed by atoms with Crippen LogP contribution in [-0.4, -0.2) is 73.5 Å². The van der Waals surface area contributed by atoms with Crippen molar-refractivity contribution in [1.29, 1.82) is 0 Å². The van der Waals surface area contributed by atoms with Gasteiger partial charge in [-0.1, -0.05) is 0 Å². The normalized spacial score (nSPS) is 19.3. The molecule has 2 amide bonds. The van der Waals surface area contributed by atoms with E-state index < -0.39 is 0 Å². The van der Waals surface area contributed by atoms with Crippen molar-refractivity contribution in [2.24, 2.45) is 5.92 Å². The number of piperazine rings is 1. The molecule has 1 N–H and O–H groups in total. The highest BCUT2D eigenvalue weighted by molar-refractivity contribution is 5.82. The highest BCUT2D eigenvalue weighted by Gasteiger charge is 2.25. The van der Waals surface area contributed by atoms with E-state index in [2.05, 4.69) is 20.2 Å². The molecule has 0 radical (unpaired) electrons. The Bertz CT molecular complexity index is 629. The molecule has 25 heavy (non-hydrogen) atoms. The quantitative estimate of drug-likeness (QED) is 0.833. The molecule has 0 aliphatic carbocycles. The van der Waals surface area contributed by atoms with E-state index in [4.69, 9.17) is 0 Å². The van der Waals surface area contributed by atoms with Crippen molar-refractivity contribution in [3.8, 4) is 0 Å². The van der Waals surface area contributed by atoms with E-state index >= 15 is 0 Å². The van der Waals surface area contributed by atoms with Crippen LogP contribution in [-0.2, 0) is 9.59 Å². The Morgan fingerprint density at radius 1 is 1.16 bits per heavy atom. The average Bonchev–Trinajstić information content (AvgIpc) is 2.64. The van der Waals surface area contributed by atoms with Crippen LogP contribution in [0, 0.1) is 5.92 Å². The average molecular weight is 346 g/mol. The van der Waals surface area contributed by atoms with Crippen molar-refractivity contribution < 1.29 is 9.59 Å². The number of likely N-dealkylation sites (N-methyl/N-ethyl adjacent to an activating group) is 1. The number of carbonyl (C=O) groups excluding carboxylic acids is 2. The zero-order valence-corrected chi connectivity index (χ0v) is 14.9. The van der Waals surface area contributed by atoms with Crippen molar-refractivity contribution >= 4 is 23.5 Å². The summed E-state index contributed by atoms with van der Waals surface area (Å²) in [6, 6.07) is 1.97. The van der Waals surface area contributed by atoms with Crippen molar-refractivity contribution in [1.82, 2.24) is 20.2 Å². The molecule has 0 aromatic carbocycles. The van der Waals surface area contributed by atoms with Gasteiger partial charge in [0, 0.05) is 52.8 Å². The molecule has 8 heteroatoms. The van der Waals surface area contributed by atoms with Gasteiger partial charge in [0.1, 0.15) is 18.0 Å². The van der Waals surface area contributed by atoms with Crippen LogP contribution in [0.1, 0.15) is 19.3 Å². The van der Waals surface area contributed by atoms with E-state index in [1.54, 1.807) is 18.3 Å². The van der Waals surface area contributed by atoms with E-state index in [0.29, 0.717) is 25.4 Å². The van der Waals surface area contributed by atoms with Crippen molar-refractivity contribution in [2.45, 2.75) is 19.3 Å². The maximum atomic E-state index is 11.9. The zero-order valence-electron chi connectivity index (χ0n) is 14.9. The Hall–Kier alpha value is -2.38. The van der Waals surface area contributed by atoms with E-state index in [1.165, 1.54) is 0 Å². The fourth-order valence-corrected chi connectivity index (χ4v) is 3.37. The fraction of sp³-hybridized carbons (Fsp3) is 0.647. The van der Waals surface area contributed by atoms with Crippen LogP contribution in [0.15, 0.2) is 12.4 Å². The SMILES string of the molecule is CNC(=O)CC1CCN(c2cc(N3CCN(C)C(=O)C3)ncn2)CC1. The zero-order chi connectivity index (χ0) is 17.8. The maximum absolute atomic E-state index is 11.9. The number of aromatic nitrogens is 2. The molecule has 136 valence electrons. The van der Waals surface area contributed by atoms with E-state index in [0.717, 1.165) is 44.1 Å². The van der Waals surface area contributed by atoms with Crippen LogP contribution in [0.3, 0.4) is 0 Å². The summed E-state index contributed by atoms with van der Waals surface area (Å²) in [7, 11) is 3.51. The number of amides is 2. The lowest BCUT2D eigenvalue weighted by Gasteiger charge is -2.34. The van der Waals surface area contributed by atoms with E-state index in [1.807, 2.05) is 18.0 Å². The van der Waals surface area contributed by atoms with Gasteiger partial charge in [0.15, 0.2) is 0 Å². The summed E-state index contributed by atoms with van der Waals surface area (Å²) in [5.41, 5.74) is 0. The summed E-state index contributed by atoms with van der Waals surface area (Å²) >= 11 is 0. The second-order valence-electron chi connectivity index (χ2n) is 6.78.